The average molecular weight is 431 g/mol. The van der Waals surface area contributed by atoms with Gasteiger partial charge < -0.3 is 4.74 Å². The summed E-state index contributed by atoms with van der Waals surface area (Å²) in [5, 5.41) is 0. The third-order valence-electron chi connectivity index (χ3n) is 3.36. The van der Waals surface area contributed by atoms with Crippen molar-refractivity contribution >= 4 is 27.1 Å². The lowest BCUT2D eigenvalue weighted by molar-refractivity contribution is -0.139. The van der Waals surface area contributed by atoms with E-state index in [9.17, 15) is 21.6 Å². The molecule has 0 aliphatic rings. The fourth-order valence-corrected chi connectivity index (χ4v) is 2.73. The molecule has 0 amide bonds. The molecule has 0 saturated heterocycles. The second-order valence-corrected chi connectivity index (χ2v) is 8.09. The SMILES string of the molecule is C=CCOC(=O)CS(=O)(=O)O.CCCCCCCCCCCCO[SH](=O)=O. The first-order valence-corrected chi connectivity index (χ1v) is 11.9. The molecule has 1 N–H and O–H groups in total. The predicted molar refractivity (Wildman–Crippen MR) is 106 cm³/mol. The molecule has 27 heavy (non-hydrogen) atoms. The van der Waals surface area contributed by atoms with Crippen molar-refractivity contribution < 1.29 is 35.1 Å². The van der Waals surface area contributed by atoms with Gasteiger partial charge in [0.15, 0.2) is 5.75 Å². The molecule has 0 bridgehead atoms. The van der Waals surface area contributed by atoms with Crippen molar-refractivity contribution in [3.05, 3.63) is 12.7 Å². The first kappa shape index (κ1) is 28.2. The lowest BCUT2D eigenvalue weighted by Crippen LogP contribution is -2.17. The number of hydrogen-bond acceptors (Lipinski definition) is 7. The van der Waals surface area contributed by atoms with Gasteiger partial charge in [-0.25, -0.2) is 8.42 Å². The van der Waals surface area contributed by atoms with E-state index in [0.29, 0.717) is 6.61 Å². The third kappa shape index (κ3) is 30.0. The van der Waals surface area contributed by atoms with Crippen LogP contribution >= 0.6 is 0 Å². The fourth-order valence-electron chi connectivity index (χ4n) is 2.07. The van der Waals surface area contributed by atoms with Crippen molar-refractivity contribution in [2.45, 2.75) is 71.1 Å². The standard InChI is InChI=1S/C12H26O3S.C5H8O5S/c1-2-3-4-5-6-7-8-9-10-11-12-15-16(13)14;1-2-3-10-5(6)4-11(7,8)9/h16H,2-12H2,1H3;2H,1,3-4H2,(H,7,8,9). The van der Waals surface area contributed by atoms with E-state index in [2.05, 4.69) is 22.4 Å². The highest BCUT2D eigenvalue weighted by Crippen LogP contribution is 2.10. The monoisotopic (exact) mass is 430 g/mol. The zero-order chi connectivity index (χ0) is 21.0. The van der Waals surface area contributed by atoms with Crippen molar-refractivity contribution in [3.63, 3.8) is 0 Å². The van der Waals surface area contributed by atoms with Crippen LogP contribution in [-0.2, 0) is 34.8 Å². The molecule has 8 nitrogen and oxygen atoms in total. The van der Waals surface area contributed by atoms with Gasteiger partial charge in [0, 0.05) is 0 Å². The molecule has 0 atom stereocenters. The number of unbranched alkanes of at least 4 members (excludes halogenated alkanes) is 9. The normalized spacial score (nSPS) is 10.9. The summed E-state index contributed by atoms with van der Waals surface area (Å²) in [6, 6.07) is 0. The second kappa shape index (κ2) is 19.8. The van der Waals surface area contributed by atoms with E-state index in [1.165, 1.54) is 57.4 Å². The Morgan fingerprint density at radius 3 is 1.89 bits per heavy atom. The van der Waals surface area contributed by atoms with Gasteiger partial charge in [-0.05, 0) is 6.42 Å². The summed E-state index contributed by atoms with van der Waals surface area (Å²) >= 11 is 0. The highest BCUT2D eigenvalue weighted by Gasteiger charge is 2.12. The highest BCUT2D eigenvalue weighted by atomic mass is 32.2. The van der Waals surface area contributed by atoms with E-state index >= 15 is 0 Å². The molecule has 0 saturated carbocycles. The van der Waals surface area contributed by atoms with Crippen LogP contribution < -0.4 is 0 Å². The van der Waals surface area contributed by atoms with Gasteiger partial charge in [-0.15, -0.1) is 0 Å². The van der Waals surface area contributed by atoms with Crippen LogP contribution in [0.2, 0.25) is 0 Å². The summed E-state index contributed by atoms with van der Waals surface area (Å²) in [5.74, 6) is -2.01. The quantitative estimate of drug-likeness (QED) is 0.126. The fraction of sp³-hybridized carbons (Fsp3) is 0.824. The van der Waals surface area contributed by atoms with Gasteiger partial charge >= 0.3 is 5.97 Å². The molecule has 0 aromatic rings. The lowest BCUT2D eigenvalue weighted by Gasteiger charge is -2.01. The summed E-state index contributed by atoms with van der Waals surface area (Å²) in [6.07, 6.45) is 13.8. The van der Waals surface area contributed by atoms with Gasteiger partial charge in [-0.2, -0.15) is 8.42 Å². The molecule has 0 radical (unpaired) electrons. The van der Waals surface area contributed by atoms with E-state index in [4.69, 9.17) is 4.55 Å². The van der Waals surface area contributed by atoms with Gasteiger partial charge in [-0.1, -0.05) is 77.4 Å². The van der Waals surface area contributed by atoms with E-state index in [0.717, 1.165) is 12.8 Å². The highest BCUT2D eigenvalue weighted by molar-refractivity contribution is 7.86. The molecule has 0 unspecified atom stereocenters. The first-order chi connectivity index (χ1) is 12.7. The first-order valence-electron chi connectivity index (χ1n) is 9.22. The summed E-state index contributed by atoms with van der Waals surface area (Å²) < 4.78 is 57.1. The van der Waals surface area contributed by atoms with Gasteiger partial charge in [0.1, 0.15) is 6.61 Å². The van der Waals surface area contributed by atoms with Crippen molar-refractivity contribution in [2.75, 3.05) is 19.0 Å². The zero-order valence-electron chi connectivity index (χ0n) is 16.1. The molecular formula is C17H34O8S2. The van der Waals surface area contributed by atoms with E-state index < -0.39 is 32.8 Å². The second-order valence-electron chi connectivity index (χ2n) is 5.94. The number of rotatable bonds is 16. The van der Waals surface area contributed by atoms with Crippen LogP contribution in [0.3, 0.4) is 0 Å². The minimum absolute atomic E-state index is 0.0612. The largest absolute Gasteiger partial charge is 0.461 e. The Hall–Kier alpha value is -0.970. The summed E-state index contributed by atoms with van der Waals surface area (Å²) in [4.78, 5) is 10.4. The Labute approximate surface area is 165 Å². The van der Waals surface area contributed by atoms with Gasteiger partial charge in [-0.3, -0.25) is 13.5 Å². The van der Waals surface area contributed by atoms with Crippen molar-refractivity contribution in [1.82, 2.24) is 0 Å². The number of esters is 1. The molecule has 0 fully saturated rings. The maximum Gasteiger partial charge on any atom is 0.323 e. The van der Waals surface area contributed by atoms with Crippen LogP contribution in [0, 0.1) is 0 Å². The van der Waals surface area contributed by atoms with Gasteiger partial charge in [0.2, 0.25) is 0 Å². The van der Waals surface area contributed by atoms with Crippen LogP contribution in [0.1, 0.15) is 71.1 Å². The van der Waals surface area contributed by atoms with E-state index in [1.54, 1.807) is 0 Å². The van der Waals surface area contributed by atoms with Crippen molar-refractivity contribution in [1.29, 1.82) is 0 Å². The lowest BCUT2D eigenvalue weighted by atomic mass is 10.1. The van der Waals surface area contributed by atoms with Crippen LogP contribution in [0.15, 0.2) is 12.7 Å². The Balaban J connectivity index is 0. The summed E-state index contributed by atoms with van der Waals surface area (Å²) in [7, 11) is -6.90. The smallest absolute Gasteiger partial charge is 0.323 e. The molecule has 0 aliphatic carbocycles. The Bertz CT molecular complexity index is 533. The summed E-state index contributed by atoms with van der Waals surface area (Å²) in [6.45, 7) is 5.77. The number of ether oxygens (including phenoxy) is 1. The van der Waals surface area contributed by atoms with Crippen LogP contribution in [0.4, 0.5) is 0 Å². The molecule has 0 spiro atoms. The van der Waals surface area contributed by atoms with Crippen molar-refractivity contribution in [3.8, 4) is 0 Å². The van der Waals surface area contributed by atoms with Crippen molar-refractivity contribution in [2.24, 2.45) is 0 Å². The topological polar surface area (TPSA) is 124 Å². The molecule has 162 valence electrons. The minimum Gasteiger partial charge on any atom is -0.461 e. The third-order valence-corrected chi connectivity index (χ3v) is 4.35. The molecule has 0 aliphatic heterocycles. The number of carbonyl (C=O) groups is 1. The number of thiol groups is 1. The molecule has 10 heteroatoms. The predicted octanol–water partition coefficient (Wildman–Crippen LogP) is 3.05. The van der Waals surface area contributed by atoms with E-state index in [1.807, 2.05) is 0 Å². The molecular weight excluding hydrogens is 396 g/mol. The zero-order valence-corrected chi connectivity index (χ0v) is 17.8. The number of carbonyl (C=O) groups excluding carboxylic acids is 1. The van der Waals surface area contributed by atoms with Crippen LogP contribution in [0.25, 0.3) is 0 Å². The van der Waals surface area contributed by atoms with Gasteiger partial charge in [0.05, 0.1) is 6.61 Å². The molecule has 0 rings (SSSR count). The van der Waals surface area contributed by atoms with Crippen LogP contribution in [-0.4, -0.2) is 46.3 Å². The van der Waals surface area contributed by atoms with Gasteiger partial charge in [0.25, 0.3) is 21.1 Å². The average Bonchev–Trinajstić information content (AvgIpc) is 2.56. The summed E-state index contributed by atoms with van der Waals surface area (Å²) in [5.41, 5.74) is 0. The Kier molecular flexibility index (Phi) is 20.7. The molecule has 0 heterocycles. The minimum atomic E-state index is -4.26. The Morgan fingerprint density at radius 2 is 1.48 bits per heavy atom. The van der Waals surface area contributed by atoms with Crippen LogP contribution in [0.5, 0.6) is 0 Å². The maximum absolute atomic E-state index is 10.4. The van der Waals surface area contributed by atoms with E-state index in [-0.39, 0.29) is 6.61 Å². The Morgan fingerprint density at radius 1 is 1.00 bits per heavy atom. The number of hydrogen-bond donors (Lipinski definition) is 2. The molecule has 0 aromatic carbocycles. The molecule has 0 aromatic heterocycles. The maximum atomic E-state index is 10.4.